The maximum absolute atomic E-state index is 12.6. The molecule has 3 aromatic carbocycles. The molecule has 0 spiro atoms. The van der Waals surface area contributed by atoms with Crippen molar-refractivity contribution in [1.29, 1.82) is 0 Å². The van der Waals surface area contributed by atoms with Gasteiger partial charge in [-0.3, -0.25) is 10.1 Å². The quantitative estimate of drug-likeness (QED) is 0.581. The molecule has 0 aliphatic heterocycles. The molecule has 0 saturated carbocycles. The van der Waals surface area contributed by atoms with Gasteiger partial charge in [0, 0.05) is 5.56 Å². The molecule has 0 aliphatic carbocycles. The van der Waals surface area contributed by atoms with Gasteiger partial charge in [0.25, 0.3) is 5.91 Å². The Morgan fingerprint density at radius 3 is 2.59 bits per heavy atom. The number of benzene rings is 3. The summed E-state index contributed by atoms with van der Waals surface area (Å²) in [6, 6.07) is 21.0. The fraction of sp³-hybridized carbons (Fsp3) is 0.0952. The van der Waals surface area contributed by atoms with Crippen LogP contribution in [0.1, 0.15) is 21.8 Å². The third-order valence-corrected chi connectivity index (χ3v) is 4.24. The Kier molecular flexibility index (Phi) is 4.53. The number of anilines is 1. The van der Waals surface area contributed by atoms with E-state index in [0.29, 0.717) is 17.9 Å². The van der Waals surface area contributed by atoms with Crippen LogP contribution in [0.4, 0.5) is 6.01 Å². The van der Waals surface area contributed by atoms with Crippen LogP contribution in [0.3, 0.4) is 0 Å². The van der Waals surface area contributed by atoms with Crippen LogP contribution in [0, 0.1) is 0 Å². The van der Waals surface area contributed by atoms with Gasteiger partial charge in [-0.15, -0.1) is 5.10 Å². The molecule has 1 aromatic heterocycles. The first kappa shape index (κ1) is 16.8. The van der Waals surface area contributed by atoms with E-state index in [1.54, 1.807) is 13.2 Å². The number of nitrogens with one attached hydrogen (secondary N) is 1. The van der Waals surface area contributed by atoms with Crippen molar-refractivity contribution in [3.63, 3.8) is 0 Å². The van der Waals surface area contributed by atoms with Crippen LogP contribution in [0.25, 0.3) is 10.8 Å². The van der Waals surface area contributed by atoms with Crippen LogP contribution in [-0.4, -0.2) is 23.2 Å². The van der Waals surface area contributed by atoms with Gasteiger partial charge in [0.15, 0.2) is 0 Å². The molecule has 1 heterocycles. The van der Waals surface area contributed by atoms with Crippen molar-refractivity contribution in [3.8, 4) is 5.75 Å². The standard InChI is InChI=1S/C21H17N3O3/c1-26-16-11-9-14(10-12-16)13-19-23-24-21(27-19)22-20(25)18-8-4-6-15-5-2-3-7-17(15)18/h2-12H,13H2,1H3,(H,22,24,25). The Balaban J connectivity index is 1.49. The second kappa shape index (κ2) is 7.29. The van der Waals surface area contributed by atoms with Crippen LogP contribution in [0.5, 0.6) is 5.75 Å². The summed E-state index contributed by atoms with van der Waals surface area (Å²) in [6.45, 7) is 0. The van der Waals surface area contributed by atoms with Gasteiger partial charge in [-0.25, -0.2) is 0 Å². The van der Waals surface area contributed by atoms with Gasteiger partial charge in [0.1, 0.15) is 5.75 Å². The lowest BCUT2D eigenvalue weighted by molar-refractivity contribution is 0.102. The number of methoxy groups -OCH3 is 1. The van der Waals surface area contributed by atoms with Gasteiger partial charge in [-0.1, -0.05) is 53.6 Å². The highest BCUT2D eigenvalue weighted by molar-refractivity contribution is 6.12. The van der Waals surface area contributed by atoms with Gasteiger partial charge in [-0.05, 0) is 34.5 Å². The number of hydrogen-bond donors (Lipinski definition) is 1. The number of aromatic nitrogens is 2. The van der Waals surface area contributed by atoms with Crippen LogP contribution in [-0.2, 0) is 6.42 Å². The highest BCUT2D eigenvalue weighted by Crippen LogP contribution is 2.20. The van der Waals surface area contributed by atoms with Gasteiger partial charge in [0.2, 0.25) is 5.89 Å². The van der Waals surface area contributed by atoms with Crippen molar-refractivity contribution in [2.75, 3.05) is 12.4 Å². The molecular weight excluding hydrogens is 342 g/mol. The van der Waals surface area contributed by atoms with E-state index in [1.807, 2.05) is 60.7 Å². The van der Waals surface area contributed by atoms with Gasteiger partial charge in [-0.2, -0.15) is 0 Å². The molecule has 0 fully saturated rings. The normalized spacial score (nSPS) is 10.7. The number of rotatable bonds is 5. The van der Waals surface area contributed by atoms with Gasteiger partial charge in [0.05, 0.1) is 13.5 Å². The van der Waals surface area contributed by atoms with Crippen LogP contribution < -0.4 is 10.1 Å². The predicted octanol–water partition coefficient (Wildman–Crippen LogP) is 4.07. The fourth-order valence-electron chi connectivity index (χ4n) is 2.88. The molecule has 1 N–H and O–H groups in total. The molecule has 6 heteroatoms. The topological polar surface area (TPSA) is 77.3 Å². The van der Waals surface area contributed by atoms with Crippen molar-refractivity contribution in [1.82, 2.24) is 10.2 Å². The van der Waals surface area contributed by atoms with Crippen molar-refractivity contribution < 1.29 is 13.9 Å². The summed E-state index contributed by atoms with van der Waals surface area (Å²) in [4.78, 5) is 12.6. The number of ether oxygens (including phenoxy) is 1. The summed E-state index contributed by atoms with van der Waals surface area (Å²) in [6.07, 6.45) is 0.473. The Bertz CT molecular complexity index is 1080. The lowest BCUT2D eigenvalue weighted by Gasteiger charge is -2.05. The zero-order valence-electron chi connectivity index (χ0n) is 14.7. The summed E-state index contributed by atoms with van der Waals surface area (Å²) >= 11 is 0. The molecular formula is C21H17N3O3. The number of hydrogen-bond acceptors (Lipinski definition) is 5. The van der Waals surface area contributed by atoms with E-state index in [-0.39, 0.29) is 11.9 Å². The molecule has 0 aliphatic rings. The van der Waals surface area contributed by atoms with Gasteiger partial charge >= 0.3 is 6.01 Å². The minimum atomic E-state index is -0.286. The Hall–Kier alpha value is -3.67. The highest BCUT2D eigenvalue weighted by Gasteiger charge is 2.14. The lowest BCUT2D eigenvalue weighted by Crippen LogP contribution is -2.12. The molecule has 0 bridgehead atoms. The molecule has 27 heavy (non-hydrogen) atoms. The smallest absolute Gasteiger partial charge is 0.322 e. The first-order chi connectivity index (χ1) is 13.2. The summed E-state index contributed by atoms with van der Waals surface area (Å²) < 4.78 is 10.7. The SMILES string of the molecule is COc1ccc(Cc2nnc(NC(=O)c3cccc4ccccc34)o2)cc1. The molecule has 0 radical (unpaired) electrons. The highest BCUT2D eigenvalue weighted by atomic mass is 16.5. The summed E-state index contributed by atoms with van der Waals surface area (Å²) in [5.74, 6) is 0.923. The summed E-state index contributed by atoms with van der Waals surface area (Å²) in [7, 11) is 1.62. The minimum absolute atomic E-state index is 0.0800. The molecule has 0 atom stereocenters. The molecule has 6 nitrogen and oxygen atoms in total. The lowest BCUT2D eigenvalue weighted by atomic mass is 10.0. The van der Waals surface area contributed by atoms with E-state index in [9.17, 15) is 4.79 Å². The van der Waals surface area contributed by atoms with Crippen LogP contribution in [0.2, 0.25) is 0 Å². The summed E-state index contributed by atoms with van der Waals surface area (Å²) in [5, 5.41) is 12.5. The third kappa shape index (κ3) is 3.64. The zero-order chi connectivity index (χ0) is 18.6. The van der Waals surface area contributed by atoms with Crippen molar-refractivity contribution >= 4 is 22.7 Å². The molecule has 0 saturated heterocycles. The fourth-order valence-corrected chi connectivity index (χ4v) is 2.88. The number of amides is 1. The zero-order valence-corrected chi connectivity index (χ0v) is 14.7. The summed E-state index contributed by atoms with van der Waals surface area (Å²) in [5.41, 5.74) is 1.56. The third-order valence-electron chi connectivity index (χ3n) is 4.24. The number of carbonyl (C=O) groups is 1. The Morgan fingerprint density at radius 2 is 1.78 bits per heavy atom. The van der Waals surface area contributed by atoms with E-state index >= 15 is 0 Å². The van der Waals surface area contributed by atoms with Crippen molar-refractivity contribution in [3.05, 3.63) is 83.7 Å². The monoisotopic (exact) mass is 359 g/mol. The second-order valence-electron chi connectivity index (χ2n) is 6.01. The second-order valence-corrected chi connectivity index (χ2v) is 6.01. The molecule has 4 aromatic rings. The average Bonchev–Trinajstić information content (AvgIpc) is 3.14. The number of nitrogens with zero attached hydrogens (tertiary/aromatic N) is 2. The molecule has 4 rings (SSSR count). The van der Waals surface area contributed by atoms with E-state index in [0.717, 1.165) is 22.1 Å². The van der Waals surface area contributed by atoms with E-state index in [2.05, 4.69) is 15.5 Å². The Morgan fingerprint density at radius 1 is 1.00 bits per heavy atom. The van der Waals surface area contributed by atoms with Crippen molar-refractivity contribution in [2.24, 2.45) is 0 Å². The minimum Gasteiger partial charge on any atom is -0.497 e. The number of fused-ring (bicyclic) bond motifs is 1. The molecule has 0 unspecified atom stereocenters. The van der Waals surface area contributed by atoms with Crippen LogP contribution in [0.15, 0.2) is 71.1 Å². The maximum Gasteiger partial charge on any atom is 0.322 e. The first-order valence-electron chi connectivity index (χ1n) is 8.47. The molecule has 1 amide bonds. The van der Waals surface area contributed by atoms with E-state index in [4.69, 9.17) is 9.15 Å². The first-order valence-corrected chi connectivity index (χ1v) is 8.47. The van der Waals surface area contributed by atoms with Gasteiger partial charge < -0.3 is 9.15 Å². The van der Waals surface area contributed by atoms with Crippen LogP contribution >= 0.6 is 0 Å². The molecule has 134 valence electrons. The predicted molar refractivity (Wildman–Crippen MR) is 102 cm³/mol. The van der Waals surface area contributed by atoms with Crippen molar-refractivity contribution in [2.45, 2.75) is 6.42 Å². The Labute approximate surface area is 155 Å². The average molecular weight is 359 g/mol. The van der Waals surface area contributed by atoms with E-state index < -0.39 is 0 Å². The number of carbonyl (C=O) groups excluding carboxylic acids is 1. The maximum atomic E-state index is 12.6. The largest absolute Gasteiger partial charge is 0.497 e. The van der Waals surface area contributed by atoms with E-state index in [1.165, 1.54) is 0 Å².